The number of guanidine groups is 1. The first kappa shape index (κ1) is 23.9. The summed E-state index contributed by atoms with van der Waals surface area (Å²) in [6.07, 6.45) is 0. The van der Waals surface area contributed by atoms with E-state index in [1.165, 1.54) is 16.8 Å². The van der Waals surface area contributed by atoms with Gasteiger partial charge in [0.15, 0.2) is 5.96 Å². The van der Waals surface area contributed by atoms with E-state index in [1.54, 1.807) is 7.11 Å². The number of anilines is 1. The van der Waals surface area contributed by atoms with Crippen LogP contribution in [0.4, 0.5) is 5.69 Å². The van der Waals surface area contributed by atoms with Crippen LogP contribution in [0, 0.1) is 6.92 Å². The molecule has 0 amide bonds. The molecular formula is C25H36N4O3. The predicted molar refractivity (Wildman–Crippen MR) is 130 cm³/mol. The van der Waals surface area contributed by atoms with Crippen molar-refractivity contribution in [3.8, 4) is 5.75 Å². The first-order chi connectivity index (χ1) is 15.7. The first-order valence-corrected chi connectivity index (χ1v) is 11.3. The van der Waals surface area contributed by atoms with Crippen molar-refractivity contribution in [2.45, 2.75) is 26.9 Å². The van der Waals surface area contributed by atoms with Gasteiger partial charge in [-0.05, 0) is 43.2 Å². The maximum atomic E-state index is 5.90. The van der Waals surface area contributed by atoms with Crippen molar-refractivity contribution in [2.75, 3.05) is 58.1 Å². The van der Waals surface area contributed by atoms with E-state index in [2.05, 4.69) is 71.8 Å². The van der Waals surface area contributed by atoms with E-state index >= 15 is 0 Å². The van der Waals surface area contributed by atoms with Crippen molar-refractivity contribution in [2.24, 2.45) is 4.99 Å². The molecule has 0 aromatic heterocycles. The average molecular weight is 441 g/mol. The van der Waals surface area contributed by atoms with Crippen LogP contribution in [0.2, 0.25) is 0 Å². The molecule has 0 saturated carbocycles. The lowest BCUT2D eigenvalue weighted by molar-refractivity contribution is 0.122. The van der Waals surface area contributed by atoms with E-state index in [-0.39, 0.29) is 0 Å². The van der Waals surface area contributed by atoms with E-state index in [4.69, 9.17) is 19.2 Å². The molecule has 3 rings (SSSR count). The molecule has 7 nitrogen and oxygen atoms in total. The number of hydrogen-bond acceptors (Lipinski definition) is 5. The fourth-order valence-electron chi connectivity index (χ4n) is 3.50. The topological polar surface area (TPSA) is 67.4 Å². The summed E-state index contributed by atoms with van der Waals surface area (Å²) in [5, 5.41) is 6.75. The van der Waals surface area contributed by atoms with Crippen LogP contribution in [0.1, 0.15) is 23.6 Å². The highest BCUT2D eigenvalue weighted by atomic mass is 16.5. The second-order valence-corrected chi connectivity index (χ2v) is 7.77. The van der Waals surface area contributed by atoms with Gasteiger partial charge in [0.1, 0.15) is 12.4 Å². The molecule has 0 aliphatic carbocycles. The minimum absolute atomic E-state index is 0.529. The van der Waals surface area contributed by atoms with Crippen LogP contribution >= 0.6 is 0 Å². The minimum atomic E-state index is 0.529. The third kappa shape index (κ3) is 7.43. The van der Waals surface area contributed by atoms with Gasteiger partial charge < -0.3 is 29.7 Å². The first-order valence-electron chi connectivity index (χ1n) is 11.3. The number of methoxy groups -OCH3 is 1. The fraction of sp³-hybridized carbons (Fsp3) is 0.480. The molecule has 0 bridgehead atoms. The van der Waals surface area contributed by atoms with Gasteiger partial charge in [-0.25, -0.2) is 4.99 Å². The zero-order valence-corrected chi connectivity index (χ0v) is 19.5. The number of aryl methyl sites for hydroxylation is 1. The van der Waals surface area contributed by atoms with E-state index in [0.29, 0.717) is 26.3 Å². The van der Waals surface area contributed by atoms with Crippen molar-refractivity contribution < 1.29 is 14.2 Å². The number of ether oxygens (including phenoxy) is 3. The van der Waals surface area contributed by atoms with Crippen LogP contribution in [-0.4, -0.2) is 59.1 Å². The van der Waals surface area contributed by atoms with Gasteiger partial charge in [0.25, 0.3) is 0 Å². The van der Waals surface area contributed by atoms with Crippen molar-refractivity contribution in [1.29, 1.82) is 0 Å². The number of hydrogen-bond donors (Lipinski definition) is 2. The molecule has 1 saturated heterocycles. The van der Waals surface area contributed by atoms with Crippen LogP contribution in [-0.2, 0) is 22.6 Å². The van der Waals surface area contributed by atoms with Gasteiger partial charge in [0.2, 0.25) is 0 Å². The molecule has 174 valence electrons. The van der Waals surface area contributed by atoms with Gasteiger partial charge in [-0.15, -0.1) is 0 Å². The molecule has 7 heteroatoms. The Hall–Kier alpha value is -2.77. The van der Waals surface area contributed by atoms with E-state index in [9.17, 15) is 0 Å². The standard InChI is InChI=1S/C25H36N4O3/c1-4-26-25(28-19-22-8-5-20(2)17-24(22)32-16-15-30-3)27-18-21-6-9-23(10-7-21)29-11-13-31-14-12-29/h5-10,17H,4,11-16,18-19H2,1-3H3,(H2,26,27,28). The maximum absolute atomic E-state index is 5.90. The largest absolute Gasteiger partial charge is 0.491 e. The molecule has 32 heavy (non-hydrogen) atoms. The number of benzene rings is 2. The summed E-state index contributed by atoms with van der Waals surface area (Å²) in [5.41, 5.74) is 4.68. The van der Waals surface area contributed by atoms with Crippen molar-refractivity contribution in [1.82, 2.24) is 10.6 Å². The predicted octanol–water partition coefficient (Wildman–Crippen LogP) is 3.11. The smallest absolute Gasteiger partial charge is 0.191 e. The second-order valence-electron chi connectivity index (χ2n) is 7.77. The quantitative estimate of drug-likeness (QED) is 0.336. The Morgan fingerprint density at radius 2 is 1.84 bits per heavy atom. The third-order valence-electron chi connectivity index (χ3n) is 5.29. The molecule has 0 spiro atoms. The van der Waals surface area contributed by atoms with E-state index in [0.717, 1.165) is 50.1 Å². The number of rotatable bonds is 10. The van der Waals surface area contributed by atoms with Gasteiger partial charge in [-0.1, -0.05) is 24.3 Å². The Balaban J connectivity index is 1.59. The molecule has 1 aliphatic rings. The van der Waals surface area contributed by atoms with E-state index in [1.807, 2.05) is 0 Å². The highest BCUT2D eigenvalue weighted by Crippen LogP contribution is 2.20. The molecule has 1 aliphatic heterocycles. The lowest BCUT2D eigenvalue weighted by atomic mass is 10.1. The van der Waals surface area contributed by atoms with Crippen molar-refractivity contribution in [3.63, 3.8) is 0 Å². The lowest BCUT2D eigenvalue weighted by Gasteiger charge is -2.28. The highest BCUT2D eigenvalue weighted by molar-refractivity contribution is 5.79. The zero-order valence-electron chi connectivity index (χ0n) is 19.5. The molecule has 0 radical (unpaired) electrons. The summed E-state index contributed by atoms with van der Waals surface area (Å²) < 4.78 is 16.4. The maximum Gasteiger partial charge on any atom is 0.191 e. The Morgan fingerprint density at radius 1 is 1.06 bits per heavy atom. The summed E-state index contributed by atoms with van der Waals surface area (Å²) >= 11 is 0. The summed E-state index contributed by atoms with van der Waals surface area (Å²) in [7, 11) is 1.68. The molecule has 1 fully saturated rings. The van der Waals surface area contributed by atoms with Gasteiger partial charge in [0, 0.05) is 44.5 Å². The van der Waals surface area contributed by atoms with Gasteiger partial charge in [-0.2, -0.15) is 0 Å². The zero-order chi connectivity index (χ0) is 22.6. The van der Waals surface area contributed by atoms with Crippen LogP contribution in [0.25, 0.3) is 0 Å². The summed E-state index contributed by atoms with van der Waals surface area (Å²) in [4.78, 5) is 7.12. The van der Waals surface area contributed by atoms with E-state index < -0.39 is 0 Å². The number of nitrogens with one attached hydrogen (secondary N) is 2. The molecule has 1 heterocycles. The van der Waals surface area contributed by atoms with Crippen LogP contribution < -0.4 is 20.3 Å². The number of morpholine rings is 1. The lowest BCUT2D eigenvalue weighted by Crippen LogP contribution is -2.37. The molecule has 2 aromatic carbocycles. The average Bonchev–Trinajstić information content (AvgIpc) is 2.83. The Labute approximate surface area is 191 Å². The Bertz CT molecular complexity index is 849. The normalized spacial score (nSPS) is 14.3. The Morgan fingerprint density at radius 3 is 2.56 bits per heavy atom. The third-order valence-corrected chi connectivity index (χ3v) is 5.29. The molecule has 0 atom stereocenters. The summed E-state index contributed by atoms with van der Waals surface area (Å²) in [6.45, 7) is 10.8. The van der Waals surface area contributed by atoms with Crippen molar-refractivity contribution in [3.05, 3.63) is 59.2 Å². The number of nitrogens with zero attached hydrogens (tertiary/aromatic N) is 2. The monoisotopic (exact) mass is 440 g/mol. The highest BCUT2D eigenvalue weighted by Gasteiger charge is 2.11. The Kier molecular flexibility index (Phi) is 9.65. The summed E-state index contributed by atoms with van der Waals surface area (Å²) in [6, 6.07) is 14.9. The van der Waals surface area contributed by atoms with Gasteiger partial charge in [0.05, 0.1) is 26.4 Å². The molecule has 0 unspecified atom stereocenters. The second kappa shape index (κ2) is 12.9. The van der Waals surface area contributed by atoms with Crippen LogP contribution in [0.3, 0.4) is 0 Å². The number of aliphatic imine (C=N–C) groups is 1. The van der Waals surface area contributed by atoms with Gasteiger partial charge >= 0.3 is 0 Å². The van der Waals surface area contributed by atoms with Crippen LogP contribution in [0.5, 0.6) is 5.75 Å². The minimum Gasteiger partial charge on any atom is -0.491 e. The van der Waals surface area contributed by atoms with Crippen LogP contribution in [0.15, 0.2) is 47.5 Å². The van der Waals surface area contributed by atoms with Crippen molar-refractivity contribution >= 4 is 11.6 Å². The SMILES string of the molecule is CCNC(=NCc1ccc(N2CCOCC2)cc1)NCc1ccc(C)cc1OCCOC. The fourth-order valence-corrected chi connectivity index (χ4v) is 3.50. The summed E-state index contributed by atoms with van der Waals surface area (Å²) in [5.74, 6) is 1.66. The molecular weight excluding hydrogens is 404 g/mol. The molecule has 2 N–H and O–H groups in total. The van der Waals surface area contributed by atoms with Gasteiger partial charge in [-0.3, -0.25) is 0 Å². The molecule has 2 aromatic rings.